The van der Waals surface area contributed by atoms with Gasteiger partial charge in [0.15, 0.2) is 0 Å². The van der Waals surface area contributed by atoms with Crippen LogP contribution in [-0.2, 0) is 12.5 Å². The maximum atomic E-state index is 14.4. The van der Waals surface area contributed by atoms with E-state index < -0.39 is 5.92 Å². The summed E-state index contributed by atoms with van der Waals surface area (Å²) in [5, 5.41) is 0.671. The van der Waals surface area contributed by atoms with Crippen molar-refractivity contribution in [2.75, 3.05) is 11.4 Å². The van der Waals surface area contributed by atoms with Crippen LogP contribution in [0.4, 0.5) is 20.3 Å². The Hall–Kier alpha value is -2.69. The summed E-state index contributed by atoms with van der Waals surface area (Å²) in [6, 6.07) is 13.8. The Kier molecular flexibility index (Phi) is 3.60. The van der Waals surface area contributed by atoms with E-state index in [1.54, 1.807) is 29.2 Å². The number of benzene rings is 2. The summed E-state index contributed by atoms with van der Waals surface area (Å²) in [5.74, 6) is -2.34. The zero-order valence-corrected chi connectivity index (χ0v) is 13.8. The molecule has 1 aliphatic heterocycles. The number of hydrogen-bond acceptors (Lipinski definition) is 2. The van der Waals surface area contributed by atoms with Gasteiger partial charge < -0.3 is 4.90 Å². The molecule has 0 saturated carbocycles. The van der Waals surface area contributed by atoms with Crippen LogP contribution in [0, 0.1) is 6.92 Å². The fourth-order valence-corrected chi connectivity index (χ4v) is 3.38. The molecule has 2 aromatic carbocycles. The van der Waals surface area contributed by atoms with E-state index >= 15 is 0 Å². The van der Waals surface area contributed by atoms with Gasteiger partial charge in [-0.05, 0) is 24.6 Å². The van der Waals surface area contributed by atoms with E-state index in [2.05, 4.69) is 4.98 Å². The molecule has 0 amide bonds. The lowest BCUT2D eigenvalue weighted by atomic mass is 10.0. The maximum absolute atomic E-state index is 14.4. The van der Waals surface area contributed by atoms with E-state index in [9.17, 15) is 14.5 Å². The molecular formula is C20H17F2N3. The van der Waals surface area contributed by atoms with Crippen molar-refractivity contribution >= 4 is 22.4 Å². The summed E-state index contributed by atoms with van der Waals surface area (Å²) in [4.78, 5) is 6.39. The van der Waals surface area contributed by atoms with Gasteiger partial charge in [0.2, 0.25) is 0 Å². The van der Waals surface area contributed by atoms with Gasteiger partial charge in [0.05, 0.1) is 11.2 Å². The zero-order valence-electron chi connectivity index (χ0n) is 13.8. The van der Waals surface area contributed by atoms with Crippen molar-refractivity contribution in [3.8, 4) is 0 Å². The highest BCUT2D eigenvalue weighted by Crippen LogP contribution is 2.38. The second-order valence-corrected chi connectivity index (χ2v) is 6.55. The summed E-state index contributed by atoms with van der Waals surface area (Å²) in [6.45, 7) is 2.46. The molecule has 25 heavy (non-hydrogen) atoms. The molecule has 0 N–H and O–H groups in total. The van der Waals surface area contributed by atoms with E-state index in [1.165, 1.54) is 6.07 Å². The molecule has 4 rings (SSSR count). The summed E-state index contributed by atoms with van der Waals surface area (Å²) in [6.07, 6.45) is -0.279. The van der Waals surface area contributed by atoms with Crippen LogP contribution in [0.15, 0.2) is 48.5 Å². The molecular weight excluding hydrogens is 320 g/mol. The van der Waals surface area contributed by atoms with Crippen LogP contribution >= 0.6 is 0 Å². The van der Waals surface area contributed by atoms with Gasteiger partial charge in [-0.1, -0.05) is 35.9 Å². The number of aryl methyl sites for hydroxylation is 1. The molecule has 1 aliphatic rings. The molecule has 1 aromatic heterocycles. The summed E-state index contributed by atoms with van der Waals surface area (Å²) >= 11 is 0. The Morgan fingerprint density at radius 3 is 2.76 bits per heavy atom. The number of aromatic nitrogens is 1. The maximum Gasteiger partial charge on any atom is 0.275 e. The smallest absolute Gasteiger partial charge is 0.275 e. The van der Waals surface area contributed by atoms with Crippen molar-refractivity contribution in [1.82, 2.24) is 10.7 Å². The van der Waals surface area contributed by atoms with Crippen LogP contribution < -0.4 is 10.6 Å². The Bertz CT molecular complexity index is 953. The third kappa shape index (κ3) is 2.80. The first kappa shape index (κ1) is 15.8. The van der Waals surface area contributed by atoms with Crippen LogP contribution in [0.5, 0.6) is 0 Å². The standard InChI is InChI=1S/C20H17F2N3/c1-13-6-7-18-15(10-13)17(23)11-19(24-18)25-9-8-20(21,22)16-5-3-2-4-14(16)12-25/h2-7,10-11H,8-9,12H2,1H3. The molecule has 0 fully saturated rings. The highest BCUT2D eigenvalue weighted by Gasteiger charge is 2.37. The molecule has 126 valence electrons. The van der Waals surface area contributed by atoms with Gasteiger partial charge >= 0.3 is 0 Å². The first-order valence-electron chi connectivity index (χ1n) is 8.25. The van der Waals surface area contributed by atoms with Crippen LogP contribution in [0.3, 0.4) is 0 Å². The van der Waals surface area contributed by atoms with Crippen LogP contribution in [0.2, 0.25) is 0 Å². The van der Waals surface area contributed by atoms with Gasteiger partial charge in [-0.2, -0.15) is 0 Å². The minimum atomic E-state index is -2.86. The highest BCUT2D eigenvalue weighted by atomic mass is 19.3. The fraction of sp³-hybridized carbons (Fsp3) is 0.250. The Morgan fingerprint density at radius 2 is 1.92 bits per heavy atom. The summed E-state index contributed by atoms with van der Waals surface area (Å²) in [5.41, 5.74) is 12.8. The predicted molar refractivity (Wildman–Crippen MR) is 94.3 cm³/mol. The first-order chi connectivity index (χ1) is 11.9. The third-order valence-electron chi connectivity index (χ3n) is 4.72. The third-order valence-corrected chi connectivity index (χ3v) is 4.72. The molecule has 0 aliphatic carbocycles. The summed E-state index contributed by atoms with van der Waals surface area (Å²) < 4.78 is 28.9. The minimum absolute atomic E-state index is 0.0816. The SMILES string of the molecule is Cc1ccc2nc(N3CCC(F)(F)c4ccccc4C3)cc([N])c2c1. The molecule has 3 nitrogen and oxygen atoms in total. The fourth-order valence-electron chi connectivity index (χ4n) is 3.38. The second-order valence-electron chi connectivity index (χ2n) is 6.55. The van der Waals surface area contributed by atoms with Crippen molar-refractivity contribution in [3.63, 3.8) is 0 Å². The Labute approximate surface area is 145 Å². The van der Waals surface area contributed by atoms with Crippen LogP contribution in [-0.4, -0.2) is 11.5 Å². The normalized spacial score (nSPS) is 16.5. The van der Waals surface area contributed by atoms with E-state index in [4.69, 9.17) is 0 Å². The van der Waals surface area contributed by atoms with E-state index in [-0.39, 0.29) is 24.2 Å². The van der Waals surface area contributed by atoms with Crippen LogP contribution in [0.1, 0.15) is 23.1 Å². The quantitative estimate of drug-likeness (QED) is 0.643. The van der Waals surface area contributed by atoms with Gasteiger partial charge in [-0.15, -0.1) is 5.73 Å². The summed E-state index contributed by atoms with van der Waals surface area (Å²) in [7, 11) is 0. The van der Waals surface area contributed by atoms with Gasteiger partial charge in [0.25, 0.3) is 5.92 Å². The lowest BCUT2D eigenvalue weighted by Gasteiger charge is -2.22. The van der Waals surface area contributed by atoms with Crippen molar-refractivity contribution in [2.24, 2.45) is 0 Å². The Balaban J connectivity index is 1.78. The number of rotatable bonds is 1. The second kappa shape index (κ2) is 5.69. The van der Waals surface area contributed by atoms with Gasteiger partial charge in [-0.25, -0.2) is 13.8 Å². The number of halogens is 2. The molecule has 2 heterocycles. The number of alkyl halides is 2. The number of pyridine rings is 1. The number of anilines is 1. The monoisotopic (exact) mass is 337 g/mol. The molecule has 0 saturated heterocycles. The lowest BCUT2D eigenvalue weighted by Crippen LogP contribution is -2.25. The van der Waals surface area contributed by atoms with Crippen molar-refractivity contribution in [1.29, 1.82) is 0 Å². The zero-order chi connectivity index (χ0) is 17.6. The molecule has 3 aromatic rings. The predicted octanol–water partition coefficient (Wildman–Crippen LogP) is 4.75. The largest absolute Gasteiger partial charge is 0.352 e. The van der Waals surface area contributed by atoms with E-state index in [0.29, 0.717) is 28.8 Å². The molecule has 0 unspecified atom stereocenters. The van der Waals surface area contributed by atoms with E-state index in [1.807, 2.05) is 25.1 Å². The van der Waals surface area contributed by atoms with Crippen molar-refractivity contribution in [2.45, 2.75) is 25.8 Å². The number of fused-ring (bicyclic) bond motifs is 2. The van der Waals surface area contributed by atoms with Crippen LogP contribution in [0.25, 0.3) is 10.9 Å². The molecule has 5 heteroatoms. The average Bonchev–Trinajstić information content (AvgIpc) is 2.72. The minimum Gasteiger partial charge on any atom is -0.352 e. The first-order valence-corrected chi connectivity index (χ1v) is 8.25. The van der Waals surface area contributed by atoms with Gasteiger partial charge in [0, 0.05) is 36.5 Å². The van der Waals surface area contributed by atoms with Gasteiger partial charge in [-0.3, -0.25) is 0 Å². The number of hydrogen-bond donors (Lipinski definition) is 0. The molecule has 0 atom stereocenters. The molecule has 2 radical (unpaired) electrons. The van der Waals surface area contributed by atoms with E-state index in [0.717, 1.165) is 5.56 Å². The molecule has 0 spiro atoms. The lowest BCUT2D eigenvalue weighted by molar-refractivity contribution is -0.00967. The topological polar surface area (TPSA) is 38.4 Å². The molecule has 0 bridgehead atoms. The Morgan fingerprint density at radius 1 is 1.12 bits per heavy atom. The highest BCUT2D eigenvalue weighted by molar-refractivity contribution is 5.91. The number of nitrogens with zero attached hydrogens (tertiary/aromatic N) is 3. The average molecular weight is 337 g/mol. The van der Waals surface area contributed by atoms with Crippen molar-refractivity contribution in [3.05, 3.63) is 65.2 Å². The van der Waals surface area contributed by atoms with Gasteiger partial charge in [0.1, 0.15) is 5.82 Å². The van der Waals surface area contributed by atoms with Crippen molar-refractivity contribution < 1.29 is 8.78 Å².